The van der Waals surface area contributed by atoms with Gasteiger partial charge in [-0.25, -0.2) is 12.8 Å². The number of hydrogen-bond acceptors (Lipinski definition) is 5. The molecule has 0 saturated carbocycles. The van der Waals surface area contributed by atoms with Crippen LogP contribution in [0.3, 0.4) is 0 Å². The molecular formula is C20H27FN4O2S. The summed E-state index contributed by atoms with van der Waals surface area (Å²) in [5, 5.41) is 3.18. The zero-order valence-corrected chi connectivity index (χ0v) is 17.2. The molecule has 1 N–H and O–H groups in total. The average molecular weight is 407 g/mol. The van der Waals surface area contributed by atoms with Crippen molar-refractivity contribution in [3.8, 4) is 0 Å². The molecule has 1 aromatic heterocycles. The lowest BCUT2D eigenvalue weighted by Gasteiger charge is -2.34. The Hall–Kier alpha value is -2.03. The summed E-state index contributed by atoms with van der Waals surface area (Å²) in [6.45, 7) is 6.62. The van der Waals surface area contributed by atoms with E-state index in [-0.39, 0.29) is 11.6 Å². The highest BCUT2D eigenvalue weighted by atomic mass is 32.2. The molecule has 0 spiro atoms. The number of aromatic nitrogens is 1. The number of aryl methyl sites for hydroxylation is 1. The van der Waals surface area contributed by atoms with Gasteiger partial charge in [-0.1, -0.05) is 6.92 Å². The van der Waals surface area contributed by atoms with Gasteiger partial charge in [0.1, 0.15) is 5.82 Å². The first-order valence-electron chi connectivity index (χ1n) is 9.55. The van der Waals surface area contributed by atoms with Crippen molar-refractivity contribution in [2.24, 2.45) is 0 Å². The fourth-order valence-electron chi connectivity index (χ4n) is 3.33. The molecule has 0 bridgehead atoms. The molecule has 2 aromatic rings. The molecule has 1 saturated heterocycles. The van der Waals surface area contributed by atoms with Gasteiger partial charge < -0.3 is 5.32 Å². The third-order valence-electron chi connectivity index (χ3n) is 4.75. The van der Waals surface area contributed by atoms with Crippen LogP contribution in [0.2, 0.25) is 0 Å². The van der Waals surface area contributed by atoms with Crippen molar-refractivity contribution in [2.75, 3.05) is 37.2 Å². The molecule has 2 heterocycles. The van der Waals surface area contributed by atoms with Crippen molar-refractivity contribution in [2.45, 2.75) is 26.8 Å². The van der Waals surface area contributed by atoms with Crippen molar-refractivity contribution in [1.82, 2.24) is 14.2 Å². The first kappa shape index (κ1) is 20.7. The minimum Gasteiger partial charge on any atom is -0.354 e. The third-order valence-corrected chi connectivity index (χ3v) is 6.83. The maximum Gasteiger partial charge on any atom is 0.214 e. The number of anilines is 2. The van der Waals surface area contributed by atoms with Gasteiger partial charge in [0.25, 0.3) is 0 Å². The van der Waals surface area contributed by atoms with Gasteiger partial charge in [0.05, 0.1) is 17.6 Å². The summed E-state index contributed by atoms with van der Waals surface area (Å²) < 4.78 is 40.0. The highest BCUT2D eigenvalue weighted by Gasteiger charge is 2.26. The molecule has 0 aliphatic carbocycles. The number of benzene rings is 1. The van der Waals surface area contributed by atoms with Crippen LogP contribution < -0.4 is 5.32 Å². The van der Waals surface area contributed by atoms with Gasteiger partial charge in [0, 0.05) is 44.1 Å². The molecule has 0 amide bonds. The highest BCUT2D eigenvalue weighted by Crippen LogP contribution is 2.21. The predicted octanol–water partition coefficient (Wildman–Crippen LogP) is 3.13. The number of nitrogens with one attached hydrogen (secondary N) is 1. The fourth-order valence-corrected chi connectivity index (χ4v) is 4.83. The Kier molecular flexibility index (Phi) is 6.64. The summed E-state index contributed by atoms with van der Waals surface area (Å²) in [6.07, 6.45) is 2.34. The van der Waals surface area contributed by atoms with Gasteiger partial charge in [0.2, 0.25) is 10.0 Å². The van der Waals surface area contributed by atoms with Crippen molar-refractivity contribution in [3.05, 3.63) is 53.6 Å². The van der Waals surface area contributed by atoms with Crippen LogP contribution in [0.1, 0.15) is 24.6 Å². The van der Waals surface area contributed by atoms with Crippen LogP contribution in [0.15, 0.2) is 36.5 Å². The van der Waals surface area contributed by atoms with Crippen LogP contribution >= 0.6 is 0 Å². The minimum atomic E-state index is -3.15. The number of halogens is 1. The Balaban J connectivity index is 1.62. The summed E-state index contributed by atoms with van der Waals surface area (Å²) >= 11 is 0. The van der Waals surface area contributed by atoms with E-state index in [1.54, 1.807) is 10.5 Å². The minimum absolute atomic E-state index is 0.194. The maximum atomic E-state index is 14.1. The predicted molar refractivity (Wildman–Crippen MR) is 110 cm³/mol. The van der Waals surface area contributed by atoms with Crippen molar-refractivity contribution in [3.63, 3.8) is 0 Å². The smallest absolute Gasteiger partial charge is 0.214 e. The molecule has 6 nitrogen and oxygen atoms in total. The summed E-state index contributed by atoms with van der Waals surface area (Å²) in [5.74, 6) is -0.107. The largest absolute Gasteiger partial charge is 0.354 e. The molecule has 8 heteroatoms. The Morgan fingerprint density at radius 2 is 1.86 bits per heavy atom. The number of piperazine rings is 1. The molecule has 1 aliphatic heterocycles. The van der Waals surface area contributed by atoms with Crippen LogP contribution in [0, 0.1) is 12.7 Å². The second-order valence-electron chi connectivity index (χ2n) is 7.15. The number of nitrogens with zero attached hydrogens (tertiary/aromatic N) is 3. The van der Waals surface area contributed by atoms with E-state index in [9.17, 15) is 12.8 Å². The summed E-state index contributed by atoms with van der Waals surface area (Å²) in [4.78, 5) is 6.39. The van der Waals surface area contributed by atoms with E-state index < -0.39 is 10.0 Å². The first-order valence-corrected chi connectivity index (χ1v) is 11.2. The zero-order chi connectivity index (χ0) is 20.1. The molecule has 0 radical (unpaired) electrons. The van der Waals surface area contributed by atoms with Crippen LogP contribution in [0.25, 0.3) is 0 Å². The lowest BCUT2D eigenvalue weighted by molar-refractivity contribution is 0.181. The van der Waals surface area contributed by atoms with Gasteiger partial charge in [-0.05, 0) is 49.2 Å². The highest BCUT2D eigenvalue weighted by molar-refractivity contribution is 7.89. The molecule has 1 fully saturated rings. The van der Waals surface area contributed by atoms with Gasteiger partial charge >= 0.3 is 0 Å². The van der Waals surface area contributed by atoms with E-state index >= 15 is 0 Å². The van der Waals surface area contributed by atoms with E-state index in [4.69, 9.17) is 0 Å². The average Bonchev–Trinajstić information content (AvgIpc) is 2.64. The van der Waals surface area contributed by atoms with E-state index in [0.29, 0.717) is 44.8 Å². The normalized spacial score (nSPS) is 16.2. The Morgan fingerprint density at radius 3 is 2.50 bits per heavy atom. The molecule has 3 rings (SSSR count). The number of pyridine rings is 1. The van der Waals surface area contributed by atoms with E-state index in [1.165, 1.54) is 12.1 Å². The fraction of sp³-hybridized carbons (Fsp3) is 0.450. The van der Waals surface area contributed by atoms with Gasteiger partial charge in [-0.3, -0.25) is 9.88 Å². The van der Waals surface area contributed by atoms with Crippen molar-refractivity contribution >= 4 is 21.4 Å². The quantitative estimate of drug-likeness (QED) is 0.765. The van der Waals surface area contributed by atoms with E-state index in [0.717, 1.165) is 16.9 Å². The van der Waals surface area contributed by atoms with Gasteiger partial charge in [-0.15, -0.1) is 0 Å². The third kappa shape index (κ3) is 5.50. The Bertz CT molecular complexity index is 895. The summed E-state index contributed by atoms with van der Waals surface area (Å²) in [6, 6.07) is 8.71. The first-order chi connectivity index (χ1) is 13.4. The summed E-state index contributed by atoms with van der Waals surface area (Å²) in [7, 11) is -3.15. The number of sulfonamides is 1. The van der Waals surface area contributed by atoms with Crippen molar-refractivity contribution < 1.29 is 12.8 Å². The van der Waals surface area contributed by atoms with Crippen LogP contribution in [0.4, 0.5) is 15.8 Å². The second-order valence-corrected chi connectivity index (χ2v) is 9.24. The maximum absolute atomic E-state index is 14.1. The van der Waals surface area contributed by atoms with Gasteiger partial charge in [0.15, 0.2) is 0 Å². The van der Waals surface area contributed by atoms with Crippen molar-refractivity contribution in [1.29, 1.82) is 0 Å². The lowest BCUT2D eigenvalue weighted by Crippen LogP contribution is -2.48. The Labute approximate surface area is 166 Å². The SMILES string of the molecule is CCCS(=O)(=O)N1CCN(Cc2cc(F)cc(Nc3ccc(C)nc3)c2)CC1. The number of hydrogen-bond donors (Lipinski definition) is 1. The van der Waals surface area contributed by atoms with Crippen LogP contribution in [-0.4, -0.2) is 54.5 Å². The molecule has 28 heavy (non-hydrogen) atoms. The molecule has 1 aliphatic rings. The lowest BCUT2D eigenvalue weighted by atomic mass is 10.1. The molecule has 0 unspecified atom stereocenters. The standard InChI is InChI=1S/C20H27FN4O2S/c1-3-10-28(26,27)25-8-6-24(7-9-25)15-17-11-18(21)13-20(12-17)23-19-5-4-16(2)22-14-19/h4-5,11-14,23H,3,6-10,15H2,1-2H3. The second kappa shape index (κ2) is 8.98. The van der Waals surface area contributed by atoms with Crippen LogP contribution in [-0.2, 0) is 16.6 Å². The molecule has 152 valence electrons. The molecule has 0 atom stereocenters. The van der Waals surface area contributed by atoms with Crippen LogP contribution in [0.5, 0.6) is 0 Å². The van der Waals surface area contributed by atoms with E-state index in [2.05, 4.69) is 15.2 Å². The Morgan fingerprint density at radius 1 is 1.11 bits per heavy atom. The number of rotatable bonds is 7. The molecule has 1 aromatic carbocycles. The monoisotopic (exact) mass is 406 g/mol. The van der Waals surface area contributed by atoms with Gasteiger partial charge in [-0.2, -0.15) is 4.31 Å². The topological polar surface area (TPSA) is 65.5 Å². The van der Waals surface area contributed by atoms with E-state index in [1.807, 2.05) is 32.0 Å². The molecular weight excluding hydrogens is 379 g/mol. The summed E-state index contributed by atoms with van der Waals surface area (Å²) in [5.41, 5.74) is 3.25. The zero-order valence-electron chi connectivity index (χ0n) is 16.4.